The molecule has 0 fully saturated rings. The van der Waals surface area contributed by atoms with Crippen LogP contribution in [-0.2, 0) is 24.1 Å². The number of amides is 1. The highest BCUT2D eigenvalue weighted by molar-refractivity contribution is 7.12. The molecule has 3 heterocycles. The number of thiophene rings is 1. The maximum absolute atomic E-state index is 14.0. The second-order valence-corrected chi connectivity index (χ2v) is 10.6. The average molecular weight is 518 g/mol. The molecule has 0 bridgehead atoms. The highest BCUT2D eigenvalue weighted by atomic mass is 32.1. The Labute approximate surface area is 213 Å². The number of alkyl halides is 3. The summed E-state index contributed by atoms with van der Waals surface area (Å²) in [5, 5.41) is 13.4. The van der Waals surface area contributed by atoms with Crippen LogP contribution < -0.4 is 0 Å². The van der Waals surface area contributed by atoms with Crippen LogP contribution in [-0.4, -0.2) is 52.7 Å². The summed E-state index contributed by atoms with van der Waals surface area (Å²) in [6.45, 7) is 3.51. The molecule has 192 valence electrons. The zero-order valence-electron chi connectivity index (χ0n) is 20.7. The summed E-state index contributed by atoms with van der Waals surface area (Å²) in [6.07, 6.45) is 3.19. The fraction of sp³-hybridized carbons (Fsp3) is 0.500. The first-order chi connectivity index (χ1) is 17.1. The standard InChI is InChI=1S/C26H30F3N5OS/c1-4-34-15-22(25(31-34)26(27,28)29)19-9-6-5-8-18(19)21-14-33(24(35)10-7-11-32(2)3)16-23-20(21)12-17(13-30)36-23/h7,10,12,15,21H,4-6,8-9,11,14,16H2,1-3H3/b10-7+. The minimum absolute atomic E-state index is 0.132. The van der Waals surface area contributed by atoms with Gasteiger partial charge in [0.05, 0.1) is 6.54 Å². The zero-order valence-corrected chi connectivity index (χ0v) is 21.5. The van der Waals surface area contributed by atoms with E-state index in [4.69, 9.17) is 0 Å². The Bertz CT molecular complexity index is 1230. The van der Waals surface area contributed by atoms with Crippen LogP contribution in [0, 0.1) is 11.3 Å². The highest BCUT2D eigenvalue weighted by Gasteiger charge is 2.40. The van der Waals surface area contributed by atoms with Crippen molar-refractivity contribution in [3.63, 3.8) is 0 Å². The predicted molar refractivity (Wildman–Crippen MR) is 133 cm³/mol. The van der Waals surface area contributed by atoms with Crippen LogP contribution in [0.3, 0.4) is 0 Å². The van der Waals surface area contributed by atoms with E-state index in [9.17, 15) is 23.2 Å². The number of halogens is 3. The summed E-state index contributed by atoms with van der Waals surface area (Å²) in [5.74, 6) is -0.383. The van der Waals surface area contributed by atoms with E-state index in [2.05, 4.69) is 11.2 Å². The summed E-state index contributed by atoms with van der Waals surface area (Å²) in [4.78, 5) is 18.2. The van der Waals surface area contributed by atoms with Gasteiger partial charge in [0.25, 0.3) is 0 Å². The molecule has 6 nitrogen and oxygen atoms in total. The van der Waals surface area contributed by atoms with Crippen molar-refractivity contribution in [3.8, 4) is 6.07 Å². The van der Waals surface area contributed by atoms with Crippen LogP contribution in [0.2, 0.25) is 0 Å². The van der Waals surface area contributed by atoms with Crippen LogP contribution in [0.1, 0.15) is 65.1 Å². The lowest BCUT2D eigenvalue weighted by Gasteiger charge is -2.36. The van der Waals surface area contributed by atoms with Crippen LogP contribution in [0.15, 0.2) is 30.0 Å². The topological polar surface area (TPSA) is 65.2 Å². The second-order valence-electron chi connectivity index (χ2n) is 9.49. The Morgan fingerprint density at radius 3 is 2.75 bits per heavy atom. The first-order valence-corrected chi connectivity index (χ1v) is 12.9. The average Bonchev–Trinajstić information content (AvgIpc) is 3.47. The number of carbonyl (C=O) groups is 1. The Kier molecular flexibility index (Phi) is 7.71. The molecule has 2 aromatic heterocycles. The molecule has 36 heavy (non-hydrogen) atoms. The fourth-order valence-electron chi connectivity index (χ4n) is 5.04. The summed E-state index contributed by atoms with van der Waals surface area (Å²) in [7, 11) is 3.83. The van der Waals surface area contributed by atoms with Crippen molar-refractivity contribution in [2.45, 2.75) is 57.8 Å². The number of likely N-dealkylation sites (N-methyl/N-ethyl adjacent to an activating group) is 1. The number of nitriles is 1. The number of fused-ring (bicyclic) bond motifs is 1. The molecule has 0 radical (unpaired) electrons. The van der Waals surface area contributed by atoms with Gasteiger partial charge in [0.15, 0.2) is 5.69 Å². The lowest BCUT2D eigenvalue weighted by molar-refractivity contribution is -0.141. The van der Waals surface area contributed by atoms with E-state index in [0.29, 0.717) is 49.5 Å². The molecule has 2 aromatic rings. The Morgan fingerprint density at radius 1 is 1.33 bits per heavy atom. The van der Waals surface area contributed by atoms with Gasteiger partial charge < -0.3 is 9.80 Å². The highest BCUT2D eigenvalue weighted by Crippen LogP contribution is 2.47. The molecular weight excluding hydrogens is 487 g/mol. The van der Waals surface area contributed by atoms with Gasteiger partial charge in [0, 0.05) is 48.3 Å². The molecule has 0 N–H and O–H groups in total. The van der Waals surface area contributed by atoms with Crippen molar-refractivity contribution in [1.82, 2.24) is 19.6 Å². The maximum Gasteiger partial charge on any atom is 0.435 e. The monoisotopic (exact) mass is 517 g/mol. The number of allylic oxidation sites excluding steroid dienone is 1. The Balaban J connectivity index is 1.80. The number of aryl methyl sites for hydroxylation is 1. The van der Waals surface area contributed by atoms with Gasteiger partial charge in [0.2, 0.25) is 5.91 Å². The molecule has 1 aliphatic heterocycles. The first-order valence-electron chi connectivity index (χ1n) is 12.1. The number of rotatable bonds is 6. The molecule has 1 aliphatic carbocycles. The van der Waals surface area contributed by atoms with Crippen molar-refractivity contribution in [1.29, 1.82) is 5.26 Å². The second kappa shape index (κ2) is 10.6. The zero-order chi connectivity index (χ0) is 26.0. The van der Waals surface area contributed by atoms with E-state index >= 15 is 0 Å². The lowest BCUT2D eigenvalue weighted by Crippen LogP contribution is -2.37. The molecule has 0 saturated carbocycles. The van der Waals surface area contributed by atoms with E-state index in [0.717, 1.165) is 28.9 Å². The van der Waals surface area contributed by atoms with Crippen molar-refractivity contribution >= 4 is 22.8 Å². The SMILES string of the molecule is CCn1cc(C2=C(C3CN(C(=O)/C=C/CN(C)C)Cc4sc(C#N)cc43)CCCC2)c(C(F)(F)F)n1. The molecular formula is C26H30F3N5OS. The van der Waals surface area contributed by atoms with Crippen LogP contribution in [0.25, 0.3) is 5.57 Å². The number of nitrogens with zero attached hydrogens (tertiary/aromatic N) is 5. The minimum Gasteiger partial charge on any atom is -0.333 e. The van der Waals surface area contributed by atoms with E-state index < -0.39 is 11.9 Å². The number of carbonyl (C=O) groups excluding carboxylic acids is 1. The maximum atomic E-state index is 14.0. The third-order valence-corrected chi connectivity index (χ3v) is 7.76. The summed E-state index contributed by atoms with van der Waals surface area (Å²) >= 11 is 1.36. The number of hydrogen-bond donors (Lipinski definition) is 0. The van der Waals surface area contributed by atoms with Crippen molar-refractivity contribution < 1.29 is 18.0 Å². The van der Waals surface area contributed by atoms with Crippen LogP contribution in [0.5, 0.6) is 0 Å². The smallest absolute Gasteiger partial charge is 0.333 e. The molecule has 4 rings (SSSR count). The molecule has 0 spiro atoms. The van der Waals surface area contributed by atoms with Crippen molar-refractivity contribution in [3.05, 3.63) is 56.6 Å². The van der Waals surface area contributed by atoms with Gasteiger partial charge in [-0.25, -0.2) is 0 Å². The van der Waals surface area contributed by atoms with Crippen molar-refractivity contribution in [2.75, 3.05) is 27.2 Å². The predicted octanol–water partition coefficient (Wildman–Crippen LogP) is 5.43. The molecule has 0 saturated heterocycles. The van der Waals surface area contributed by atoms with Crippen molar-refractivity contribution in [2.24, 2.45) is 0 Å². The normalized spacial score (nSPS) is 18.7. The largest absolute Gasteiger partial charge is 0.435 e. The van der Waals surface area contributed by atoms with Gasteiger partial charge in [-0.05, 0) is 63.9 Å². The van der Waals surface area contributed by atoms with Gasteiger partial charge in [-0.3, -0.25) is 9.48 Å². The lowest BCUT2D eigenvalue weighted by atomic mass is 9.77. The van der Waals surface area contributed by atoms with Gasteiger partial charge in [-0.1, -0.05) is 11.6 Å². The van der Waals surface area contributed by atoms with E-state index in [1.54, 1.807) is 17.9 Å². The van der Waals surface area contributed by atoms with E-state index in [1.807, 2.05) is 31.1 Å². The Morgan fingerprint density at radius 2 is 2.08 bits per heavy atom. The van der Waals surface area contributed by atoms with E-state index in [1.165, 1.54) is 22.2 Å². The van der Waals surface area contributed by atoms with Gasteiger partial charge >= 0.3 is 6.18 Å². The molecule has 1 atom stereocenters. The Hall–Kier alpha value is -2.90. The molecule has 1 unspecified atom stereocenters. The fourth-order valence-corrected chi connectivity index (χ4v) is 6.08. The third-order valence-electron chi connectivity index (χ3n) is 6.72. The van der Waals surface area contributed by atoms with Gasteiger partial charge in [0.1, 0.15) is 10.9 Å². The first kappa shape index (κ1) is 26.2. The van der Waals surface area contributed by atoms with Crippen LogP contribution >= 0.6 is 11.3 Å². The number of hydrogen-bond acceptors (Lipinski definition) is 5. The van der Waals surface area contributed by atoms with E-state index in [-0.39, 0.29) is 17.4 Å². The molecule has 10 heteroatoms. The third kappa shape index (κ3) is 5.42. The number of aromatic nitrogens is 2. The van der Waals surface area contributed by atoms with Crippen LogP contribution in [0.4, 0.5) is 13.2 Å². The summed E-state index contributed by atoms with van der Waals surface area (Å²) in [6, 6.07) is 4.05. The molecule has 2 aliphatic rings. The summed E-state index contributed by atoms with van der Waals surface area (Å²) < 4.78 is 43.2. The summed E-state index contributed by atoms with van der Waals surface area (Å²) in [5.41, 5.74) is 1.87. The quantitative estimate of drug-likeness (QED) is 0.480. The van der Waals surface area contributed by atoms with Gasteiger partial charge in [-0.15, -0.1) is 11.3 Å². The minimum atomic E-state index is -4.56. The molecule has 1 amide bonds. The van der Waals surface area contributed by atoms with Gasteiger partial charge in [-0.2, -0.15) is 23.5 Å². The molecule has 0 aromatic carbocycles.